The molecular formula is C16H14BrN3. The molecule has 0 spiro atoms. The second-order valence-electron chi connectivity index (χ2n) is 4.38. The normalized spacial score (nSPS) is 13.8. The Labute approximate surface area is 130 Å². The first-order valence-electron chi connectivity index (χ1n) is 7.69. The molecule has 2 aromatic carbocycles. The molecule has 0 bridgehead atoms. The molecule has 0 atom stereocenters. The van der Waals surface area contributed by atoms with E-state index in [0.717, 1.165) is 11.1 Å². The van der Waals surface area contributed by atoms with Gasteiger partial charge >= 0.3 is 0 Å². The van der Waals surface area contributed by atoms with E-state index in [9.17, 15) is 0 Å². The maximum Gasteiger partial charge on any atom is 0.151 e. The van der Waals surface area contributed by atoms with Crippen LogP contribution in [-0.2, 0) is 0 Å². The number of halogens is 1. The van der Waals surface area contributed by atoms with E-state index in [1.807, 2.05) is 60.7 Å². The lowest BCUT2D eigenvalue weighted by atomic mass is 9.99. The summed E-state index contributed by atoms with van der Waals surface area (Å²) in [6.07, 6.45) is 0. The molecule has 20 heavy (non-hydrogen) atoms. The van der Waals surface area contributed by atoms with Gasteiger partial charge in [0.15, 0.2) is 4.60 Å². The van der Waals surface area contributed by atoms with Crippen LogP contribution in [0, 0.1) is 6.85 Å². The minimum absolute atomic E-state index is 0.0330. The molecule has 0 N–H and O–H groups in total. The predicted molar refractivity (Wildman–Crippen MR) is 82.6 cm³/mol. The highest BCUT2D eigenvalue weighted by atomic mass is 79.9. The summed E-state index contributed by atoms with van der Waals surface area (Å²) in [6, 6.07) is 19.2. The summed E-state index contributed by atoms with van der Waals surface area (Å²) >= 11 is 3.21. The molecule has 1 aromatic heterocycles. The number of aromatic nitrogens is 3. The average molecular weight is 331 g/mol. The third-order valence-corrected chi connectivity index (χ3v) is 3.58. The second kappa shape index (κ2) is 5.59. The highest BCUT2D eigenvalue weighted by Crippen LogP contribution is 2.26. The minimum atomic E-state index is -2.31. The van der Waals surface area contributed by atoms with Gasteiger partial charge in [0.1, 0.15) is 6.04 Å². The summed E-state index contributed by atoms with van der Waals surface area (Å²) in [6.45, 7) is -2.31. The van der Waals surface area contributed by atoms with E-state index in [2.05, 4.69) is 26.1 Å². The average Bonchev–Trinajstić information content (AvgIpc) is 2.91. The van der Waals surface area contributed by atoms with Gasteiger partial charge in [-0.05, 0) is 33.9 Å². The third kappa shape index (κ3) is 2.51. The van der Waals surface area contributed by atoms with Gasteiger partial charge in [0, 0.05) is 4.11 Å². The van der Waals surface area contributed by atoms with E-state index >= 15 is 0 Å². The first kappa shape index (κ1) is 9.88. The van der Waals surface area contributed by atoms with Crippen molar-refractivity contribution < 1.29 is 4.11 Å². The largest absolute Gasteiger partial charge is 0.171 e. The van der Waals surface area contributed by atoms with E-state index < -0.39 is 6.85 Å². The van der Waals surface area contributed by atoms with Gasteiger partial charge in [-0.15, -0.1) is 5.10 Å². The van der Waals surface area contributed by atoms with Crippen LogP contribution in [0.15, 0.2) is 65.3 Å². The molecule has 0 aliphatic rings. The Morgan fingerprint density at radius 3 is 1.95 bits per heavy atom. The van der Waals surface area contributed by atoms with Crippen LogP contribution < -0.4 is 0 Å². The smallest absolute Gasteiger partial charge is 0.151 e. The zero-order valence-electron chi connectivity index (χ0n) is 13.6. The van der Waals surface area contributed by atoms with Crippen LogP contribution in [-0.4, -0.2) is 15.0 Å². The Morgan fingerprint density at radius 2 is 1.50 bits per heavy atom. The molecule has 3 nitrogen and oxygen atoms in total. The minimum Gasteiger partial charge on any atom is -0.171 e. The molecule has 100 valence electrons. The lowest BCUT2D eigenvalue weighted by Gasteiger charge is -2.17. The summed E-state index contributed by atoms with van der Waals surface area (Å²) in [5, 5.41) is 8.52. The summed E-state index contributed by atoms with van der Waals surface area (Å²) in [5.74, 6) is 0. The summed E-state index contributed by atoms with van der Waals surface area (Å²) in [4.78, 5) is 1.45. The maximum atomic E-state index is 7.56. The van der Waals surface area contributed by atoms with Gasteiger partial charge in [-0.2, -0.15) is 9.90 Å². The highest BCUT2D eigenvalue weighted by molar-refractivity contribution is 9.10. The number of rotatable bonds is 3. The summed E-state index contributed by atoms with van der Waals surface area (Å²) < 4.78 is 22.9. The second-order valence-corrected chi connectivity index (χ2v) is 5.13. The van der Waals surface area contributed by atoms with E-state index in [1.165, 1.54) is 4.80 Å². The van der Waals surface area contributed by atoms with Crippen molar-refractivity contribution in [3.05, 3.63) is 82.1 Å². The monoisotopic (exact) mass is 330 g/mol. The molecule has 0 aliphatic heterocycles. The highest BCUT2D eigenvalue weighted by Gasteiger charge is 2.19. The van der Waals surface area contributed by atoms with Gasteiger partial charge in [-0.3, -0.25) is 0 Å². The van der Waals surface area contributed by atoms with Crippen molar-refractivity contribution in [3.8, 4) is 0 Å². The van der Waals surface area contributed by atoms with Gasteiger partial charge in [0.05, 0.1) is 5.69 Å². The molecular weight excluding hydrogens is 314 g/mol. The molecule has 3 rings (SSSR count). The fraction of sp³-hybridized carbons (Fsp3) is 0.125. The van der Waals surface area contributed by atoms with Crippen LogP contribution in [0.4, 0.5) is 0 Å². The van der Waals surface area contributed by atoms with Crippen molar-refractivity contribution in [3.63, 3.8) is 0 Å². The molecule has 0 saturated heterocycles. The quantitative estimate of drug-likeness (QED) is 0.727. The number of nitrogens with zero attached hydrogens (tertiary/aromatic N) is 3. The molecule has 4 heteroatoms. The zero-order valence-corrected chi connectivity index (χ0v) is 12.2. The van der Waals surface area contributed by atoms with Crippen LogP contribution in [0.3, 0.4) is 0 Å². The number of hydrogen-bond acceptors (Lipinski definition) is 2. The Kier molecular flexibility index (Phi) is 2.76. The first-order chi connectivity index (χ1) is 11.0. The standard InChI is InChI=1S/C16H14BrN3/c1-12-16(17)19-20(18-12)15(13-8-4-2-5-9-13)14-10-6-3-7-11-14/h2-11,15H,1H3/i1D3. The van der Waals surface area contributed by atoms with E-state index in [1.54, 1.807) is 0 Å². The van der Waals surface area contributed by atoms with Gasteiger partial charge in [0.25, 0.3) is 0 Å². The van der Waals surface area contributed by atoms with Crippen LogP contribution >= 0.6 is 15.9 Å². The van der Waals surface area contributed by atoms with Gasteiger partial charge in [-0.1, -0.05) is 60.7 Å². The fourth-order valence-electron chi connectivity index (χ4n) is 2.15. The molecule has 0 fully saturated rings. The predicted octanol–water partition coefficient (Wildman–Crippen LogP) is 3.99. The third-order valence-electron chi connectivity index (χ3n) is 3.05. The van der Waals surface area contributed by atoms with Gasteiger partial charge in [-0.25, -0.2) is 0 Å². The Morgan fingerprint density at radius 1 is 0.950 bits per heavy atom. The molecule has 3 aromatic rings. The Bertz CT molecular complexity index is 746. The van der Waals surface area contributed by atoms with Crippen molar-refractivity contribution in [2.45, 2.75) is 12.9 Å². The lowest BCUT2D eigenvalue weighted by molar-refractivity contribution is 0.514. The maximum absolute atomic E-state index is 7.56. The number of aryl methyl sites for hydroxylation is 1. The van der Waals surface area contributed by atoms with Crippen molar-refractivity contribution in [1.29, 1.82) is 0 Å². The molecule has 0 amide bonds. The van der Waals surface area contributed by atoms with Crippen molar-refractivity contribution in [2.24, 2.45) is 0 Å². The lowest BCUT2D eigenvalue weighted by Crippen LogP contribution is -2.15. The van der Waals surface area contributed by atoms with E-state index in [-0.39, 0.29) is 16.3 Å². The van der Waals surface area contributed by atoms with Gasteiger partial charge in [0.2, 0.25) is 0 Å². The zero-order chi connectivity index (χ0) is 16.4. The van der Waals surface area contributed by atoms with Crippen LogP contribution in [0.2, 0.25) is 0 Å². The topological polar surface area (TPSA) is 30.7 Å². The Hall–Kier alpha value is -1.94. The van der Waals surface area contributed by atoms with Crippen molar-refractivity contribution >= 4 is 15.9 Å². The number of hydrogen-bond donors (Lipinski definition) is 0. The first-order valence-corrected chi connectivity index (χ1v) is 6.99. The van der Waals surface area contributed by atoms with Gasteiger partial charge < -0.3 is 0 Å². The van der Waals surface area contributed by atoms with E-state index in [4.69, 9.17) is 4.11 Å². The molecule has 0 saturated carbocycles. The SMILES string of the molecule is [2H]C([2H])([2H])c1nn(C(c2ccccc2)c2ccccc2)nc1Br. The fourth-order valence-corrected chi connectivity index (χ4v) is 2.39. The summed E-state index contributed by atoms with van der Waals surface area (Å²) in [5.41, 5.74) is 1.94. The molecule has 1 heterocycles. The Balaban J connectivity index is 2.14. The molecule has 0 aliphatic carbocycles. The number of benzene rings is 2. The van der Waals surface area contributed by atoms with Crippen LogP contribution in [0.1, 0.15) is 27.0 Å². The molecule has 0 unspecified atom stereocenters. The summed E-state index contributed by atoms with van der Waals surface area (Å²) in [7, 11) is 0. The van der Waals surface area contributed by atoms with Crippen molar-refractivity contribution in [2.75, 3.05) is 0 Å². The van der Waals surface area contributed by atoms with E-state index in [0.29, 0.717) is 0 Å². The molecule has 0 radical (unpaired) electrons. The van der Waals surface area contributed by atoms with Crippen molar-refractivity contribution in [1.82, 2.24) is 15.0 Å². The van der Waals surface area contributed by atoms with Crippen LogP contribution in [0.5, 0.6) is 0 Å². The van der Waals surface area contributed by atoms with Crippen LogP contribution in [0.25, 0.3) is 0 Å².